The first-order valence-electron chi connectivity index (χ1n) is 22.7. The van der Waals surface area contributed by atoms with Gasteiger partial charge in [-0.1, -0.05) is 83.9 Å². The van der Waals surface area contributed by atoms with E-state index in [2.05, 4.69) is 57.5 Å². The number of rotatable bonds is 15. The van der Waals surface area contributed by atoms with Gasteiger partial charge in [-0.15, -0.1) is 11.3 Å². The van der Waals surface area contributed by atoms with Crippen molar-refractivity contribution < 1.29 is 31.2 Å². The summed E-state index contributed by atoms with van der Waals surface area (Å²) < 4.78 is 68.6. The van der Waals surface area contributed by atoms with Crippen LogP contribution in [0.5, 0.6) is 0 Å². The van der Waals surface area contributed by atoms with Crippen LogP contribution in [0.4, 0.5) is 39.6 Å². The molecule has 10 rings (SSSR count). The number of aromatic nitrogens is 4. The number of para-hydroxylation sites is 4. The van der Waals surface area contributed by atoms with Gasteiger partial charge in [0, 0.05) is 31.8 Å². The van der Waals surface area contributed by atoms with Crippen molar-refractivity contribution in [1.82, 2.24) is 19.9 Å². The Morgan fingerprint density at radius 1 is 0.703 bits per heavy atom. The highest BCUT2D eigenvalue weighted by Gasteiger charge is 2.33. The van der Waals surface area contributed by atoms with Crippen LogP contribution < -0.4 is 25.0 Å². The number of hydrogen-bond acceptors (Lipinski definition) is 14. The maximum atomic E-state index is 15.0. The highest BCUT2D eigenvalue weighted by atomic mass is 79.9. The van der Waals surface area contributed by atoms with Crippen molar-refractivity contribution in [2.45, 2.75) is 42.4 Å². The van der Waals surface area contributed by atoms with Gasteiger partial charge in [0.2, 0.25) is 5.91 Å². The molecule has 0 aliphatic heterocycles. The number of carbonyl (C=O) groups excluding carboxylic acids is 2. The first-order valence-corrected chi connectivity index (χ1v) is 28.8. The van der Waals surface area contributed by atoms with Crippen molar-refractivity contribution in [2.75, 3.05) is 38.1 Å². The van der Waals surface area contributed by atoms with E-state index in [1.165, 1.54) is 48.6 Å². The number of esters is 1. The molecule has 376 valence electrons. The number of nitrogens with zero attached hydrogens (tertiary/aromatic N) is 5. The maximum Gasteiger partial charge on any atom is 0.341 e. The summed E-state index contributed by atoms with van der Waals surface area (Å²) in [7, 11) is -8.92. The van der Waals surface area contributed by atoms with Crippen LogP contribution in [0.15, 0.2) is 140 Å². The molecule has 1 aliphatic rings. The maximum absolute atomic E-state index is 15.0. The molecule has 0 atom stereocenters. The van der Waals surface area contributed by atoms with Crippen molar-refractivity contribution in [3.8, 4) is 0 Å². The summed E-state index contributed by atoms with van der Waals surface area (Å²) in [6, 6.07) is 34.0. The minimum Gasteiger partial charge on any atom is -0.460 e. The second kappa shape index (κ2) is 21.0. The lowest BCUT2D eigenvalue weighted by Crippen LogP contribution is -2.36. The van der Waals surface area contributed by atoms with Gasteiger partial charge in [0.15, 0.2) is 23.3 Å². The monoisotopic (exact) mass is 1210 g/mol. The van der Waals surface area contributed by atoms with E-state index in [1.54, 1.807) is 48.5 Å². The molecular formula is C51H39Br2Cl2N9O7S3. The van der Waals surface area contributed by atoms with Crippen molar-refractivity contribution >= 4 is 171 Å². The van der Waals surface area contributed by atoms with E-state index < -0.39 is 39.2 Å². The third-order valence-electron chi connectivity index (χ3n) is 11.9. The second-order valence-electron chi connectivity index (χ2n) is 16.8. The van der Waals surface area contributed by atoms with Gasteiger partial charge >= 0.3 is 5.97 Å². The number of amides is 1. The normalized spacial score (nSPS) is 12.6. The highest BCUT2D eigenvalue weighted by Crippen LogP contribution is 2.42. The lowest BCUT2D eigenvalue weighted by Gasteiger charge is -2.26. The number of aryl methyl sites for hydroxylation is 1. The van der Waals surface area contributed by atoms with Gasteiger partial charge in [0.05, 0.1) is 59.7 Å². The lowest BCUT2D eigenvalue weighted by molar-refractivity contribution is -0.114. The number of fused-ring (bicyclic) bond motifs is 4. The van der Waals surface area contributed by atoms with E-state index in [0.29, 0.717) is 60.2 Å². The number of ether oxygens (including phenoxy) is 1. The third-order valence-corrected chi connectivity index (χ3v) is 18.2. The number of halogens is 4. The molecular weight excluding hydrogens is 1180 g/mol. The molecule has 1 aliphatic carbocycles. The van der Waals surface area contributed by atoms with E-state index in [1.807, 2.05) is 42.5 Å². The van der Waals surface area contributed by atoms with Crippen LogP contribution in [0.1, 0.15) is 40.6 Å². The molecule has 16 nitrogen and oxygen atoms in total. The highest BCUT2D eigenvalue weighted by molar-refractivity contribution is 9.11. The summed E-state index contributed by atoms with van der Waals surface area (Å²) in [6.45, 7) is 0.443. The van der Waals surface area contributed by atoms with Gasteiger partial charge in [-0.2, -0.15) is 0 Å². The molecule has 0 spiro atoms. The van der Waals surface area contributed by atoms with E-state index in [9.17, 15) is 18.0 Å². The molecule has 6 aromatic carbocycles. The molecule has 9 aromatic rings. The standard InChI is InChI=1S/C51H39Br2Cl2N9O7S3/c1-28(65)56-45-34(52)25-31(26-35(45)53)73(67,68)63-47-46(58-39-15-5-6-16-40(39)59-47)62-50-44(33-14-4-9-20-43(33)72-50)51(66)71-24-23-64(74(69,70)30-21-22-36(54)37(55)27-30)49-48(60-41-17-7-8-18-42(41)61-49)57-38-19-10-12-29-11-2-3-13-32(29)38/h2-3,5-8,10-13,15-19,21-22,25-27H,4,9,14,20,23-24H2,1H3,(H,56,65)(H,57,60)(H,58,62)(H,59,63). The van der Waals surface area contributed by atoms with Gasteiger partial charge in [0.25, 0.3) is 20.0 Å². The Kier molecular flexibility index (Phi) is 14.5. The molecule has 74 heavy (non-hydrogen) atoms. The molecule has 0 saturated carbocycles. The van der Waals surface area contributed by atoms with E-state index in [-0.39, 0.29) is 54.6 Å². The summed E-state index contributed by atoms with van der Waals surface area (Å²) in [5.74, 6) is -1.26. The predicted molar refractivity (Wildman–Crippen MR) is 299 cm³/mol. The Morgan fingerprint density at radius 2 is 1.32 bits per heavy atom. The summed E-state index contributed by atoms with van der Waals surface area (Å²) in [6.07, 6.45) is 2.88. The first kappa shape index (κ1) is 51.0. The molecule has 23 heteroatoms. The Bertz CT molecular complexity index is 3950. The number of nitrogens with one attached hydrogen (secondary N) is 4. The second-order valence-corrected chi connectivity index (χ2v) is 24.0. The average Bonchev–Trinajstić information content (AvgIpc) is 3.75. The Labute approximate surface area is 455 Å². The van der Waals surface area contributed by atoms with Gasteiger partial charge in [0.1, 0.15) is 11.6 Å². The number of carbonyl (C=O) groups is 2. The van der Waals surface area contributed by atoms with Crippen molar-refractivity contribution in [1.29, 1.82) is 0 Å². The Hall–Kier alpha value is -6.46. The fourth-order valence-corrected chi connectivity index (χ4v) is 14.2. The topological polar surface area (TPSA) is 215 Å². The van der Waals surface area contributed by atoms with E-state index in [0.717, 1.165) is 38.4 Å². The van der Waals surface area contributed by atoms with Crippen LogP contribution >= 0.6 is 66.4 Å². The molecule has 0 radical (unpaired) electrons. The van der Waals surface area contributed by atoms with Crippen LogP contribution in [0.2, 0.25) is 10.0 Å². The quantitative estimate of drug-likeness (QED) is 0.0704. The van der Waals surface area contributed by atoms with Crippen molar-refractivity contribution in [3.63, 3.8) is 0 Å². The molecule has 3 heterocycles. The minimum absolute atomic E-state index is 0.00522. The molecule has 0 saturated heterocycles. The van der Waals surface area contributed by atoms with Gasteiger partial charge in [-0.3, -0.25) is 9.52 Å². The summed E-state index contributed by atoms with van der Waals surface area (Å²) in [5, 5.41) is 11.5. The van der Waals surface area contributed by atoms with Crippen LogP contribution in [-0.4, -0.2) is 61.8 Å². The first-order chi connectivity index (χ1) is 35.5. The molecule has 1 amide bonds. The van der Waals surface area contributed by atoms with Crippen LogP contribution in [-0.2, 0) is 42.4 Å². The summed E-state index contributed by atoms with van der Waals surface area (Å²) in [5.41, 5.74) is 3.63. The fourth-order valence-electron chi connectivity index (χ4n) is 8.43. The molecule has 0 fully saturated rings. The van der Waals surface area contributed by atoms with Crippen molar-refractivity contribution in [3.05, 3.63) is 156 Å². The van der Waals surface area contributed by atoms with Crippen LogP contribution in [0.25, 0.3) is 32.8 Å². The van der Waals surface area contributed by atoms with Gasteiger partial charge < -0.3 is 20.7 Å². The van der Waals surface area contributed by atoms with E-state index >= 15 is 8.42 Å². The zero-order valence-electron chi connectivity index (χ0n) is 38.6. The van der Waals surface area contributed by atoms with Gasteiger partial charge in [-0.25, -0.2) is 45.9 Å². The van der Waals surface area contributed by atoms with Crippen molar-refractivity contribution in [2.24, 2.45) is 0 Å². The number of sulfonamides is 2. The number of thiophene rings is 1. The lowest BCUT2D eigenvalue weighted by atomic mass is 9.95. The third kappa shape index (κ3) is 10.5. The smallest absolute Gasteiger partial charge is 0.341 e. The minimum atomic E-state index is -4.55. The van der Waals surface area contributed by atoms with Crippen LogP contribution in [0, 0.1) is 0 Å². The Balaban J connectivity index is 1.00. The van der Waals surface area contributed by atoms with Gasteiger partial charge in [-0.05, 0) is 129 Å². The molecule has 0 bridgehead atoms. The molecule has 4 N–H and O–H groups in total. The van der Waals surface area contributed by atoms with Crippen LogP contribution in [0.3, 0.4) is 0 Å². The molecule has 3 aromatic heterocycles. The number of anilines is 7. The Morgan fingerprint density at radius 3 is 2.01 bits per heavy atom. The zero-order chi connectivity index (χ0) is 51.9. The SMILES string of the molecule is CC(=O)Nc1c(Br)cc(S(=O)(=O)Nc2nc3ccccc3nc2Nc2sc3c(c2C(=O)OCCN(c2nc4ccccc4nc2Nc2cccc4ccccc24)S(=O)(=O)c2ccc(Cl)c(Cl)c2)CCCC3)cc1Br. The zero-order valence-corrected chi connectivity index (χ0v) is 45.8. The fraction of sp³-hybridized carbons (Fsp3) is 0.137. The average molecular weight is 1220 g/mol. The van der Waals surface area contributed by atoms with E-state index in [4.69, 9.17) is 42.9 Å². The number of benzene rings is 6. The summed E-state index contributed by atoms with van der Waals surface area (Å²) >= 11 is 20.7. The largest absolute Gasteiger partial charge is 0.460 e. The number of hydrogen-bond donors (Lipinski definition) is 4. The summed E-state index contributed by atoms with van der Waals surface area (Å²) in [4.78, 5) is 46.3. The predicted octanol–water partition coefficient (Wildman–Crippen LogP) is 12.8. The molecule has 0 unspecified atom stereocenters.